The van der Waals surface area contributed by atoms with Crippen molar-refractivity contribution >= 4 is 11.8 Å². The lowest BCUT2D eigenvalue weighted by atomic mass is 10.1. The maximum absolute atomic E-state index is 12.1. The molecule has 21 heavy (non-hydrogen) atoms. The van der Waals surface area contributed by atoms with Gasteiger partial charge in [0.2, 0.25) is 0 Å². The van der Waals surface area contributed by atoms with E-state index < -0.39 is 0 Å². The summed E-state index contributed by atoms with van der Waals surface area (Å²) in [5, 5.41) is 0. The third-order valence-corrected chi connectivity index (χ3v) is 3.83. The van der Waals surface area contributed by atoms with Crippen LogP contribution >= 0.6 is 0 Å². The second-order valence-corrected chi connectivity index (χ2v) is 5.38. The van der Waals surface area contributed by atoms with Crippen molar-refractivity contribution in [2.24, 2.45) is 0 Å². The molecule has 1 aliphatic rings. The first-order chi connectivity index (χ1) is 10.3. The smallest absolute Gasteiger partial charge is 0.261 e. The minimum atomic E-state index is -0.148. The molecule has 1 aromatic carbocycles. The van der Waals surface area contributed by atoms with Crippen molar-refractivity contribution in [1.82, 2.24) is 4.90 Å². The Balaban J connectivity index is 1.70. The normalized spacial score (nSPS) is 13.4. The van der Waals surface area contributed by atoms with Crippen molar-refractivity contribution in [1.29, 1.82) is 0 Å². The van der Waals surface area contributed by atoms with Crippen LogP contribution in [0.1, 0.15) is 65.7 Å². The van der Waals surface area contributed by atoms with Crippen molar-refractivity contribution in [3.05, 3.63) is 35.4 Å². The second kappa shape index (κ2) is 7.64. The fraction of sp³-hybridized carbons (Fsp3) is 0.444. The van der Waals surface area contributed by atoms with Gasteiger partial charge in [-0.05, 0) is 25.0 Å². The first kappa shape index (κ1) is 15.3. The fourth-order valence-corrected chi connectivity index (χ4v) is 2.65. The van der Waals surface area contributed by atoms with E-state index in [1.165, 1.54) is 11.3 Å². The van der Waals surface area contributed by atoms with Crippen LogP contribution in [0, 0.1) is 12.3 Å². The molecular formula is C18H21NO2. The molecule has 0 bridgehead atoms. The molecule has 1 aromatic rings. The molecule has 0 atom stereocenters. The highest BCUT2D eigenvalue weighted by molar-refractivity contribution is 6.21. The molecule has 0 unspecified atom stereocenters. The van der Waals surface area contributed by atoms with Gasteiger partial charge in [0.25, 0.3) is 11.8 Å². The van der Waals surface area contributed by atoms with Crippen LogP contribution in [0.25, 0.3) is 0 Å². The van der Waals surface area contributed by atoms with Gasteiger partial charge in [-0.1, -0.05) is 37.8 Å². The summed E-state index contributed by atoms with van der Waals surface area (Å²) in [7, 11) is 0. The predicted octanol–water partition coefficient (Wildman–Crippen LogP) is 3.65. The predicted molar refractivity (Wildman–Crippen MR) is 83.0 cm³/mol. The average molecular weight is 283 g/mol. The van der Waals surface area contributed by atoms with Gasteiger partial charge in [0.05, 0.1) is 11.1 Å². The third kappa shape index (κ3) is 3.72. The van der Waals surface area contributed by atoms with Crippen LogP contribution in [0.5, 0.6) is 0 Å². The molecule has 0 fully saturated rings. The molecule has 1 aliphatic heterocycles. The Bertz CT molecular complexity index is 522. The molecule has 3 heteroatoms. The number of carbonyl (C=O) groups excluding carboxylic acids is 2. The zero-order valence-corrected chi connectivity index (χ0v) is 12.3. The molecule has 0 saturated heterocycles. The van der Waals surface area contributed by atoms with E-state index >= 15 is 0 Å². The molecule has 3 nitrogen and oxygen atoms in total. The summed E-state index contributed by atoms with van der Waals surface area (Å²) in [5.41, 5.74) is 1.08. The van der Waals surface area contributed by atoms with E-state index in [2.05, 4.69) is 5.92 Å². The number of terminal acetylenes is 1. The largest absolute Gasteiger partial charge is 0.274 e. The maximum atomic E-state index is 12.1. The van der Waals surface area contributed by atoms with Gasteiger partial charge >= 0.3 is 0 Å². The Morgan fingerprint density at radius 1 is 0.857 bits per heavy atom. The number of unbranched alkanes of at least 4 members (excludes halogenated alkanes) is 6. The molecule has 110 valence electrons. The zero-order chi connectivity index (χ0) is 15.1. The Morgan fingerprint density at radius 3 is 1.95 bits per heavy atom. The van der Waals surface area contributed by atoms with Crippen LogP contribution < -0.4 is 0 Å². The first-order valence-corrected chi connectivity index (χ1v) is 7.64. The maximum Gasteiger partial charge on any atom is 0.261 e. The van der Waals surface area contributed by atoms with Crippen LogP contribution in [0.3, 0.4) is 0 Å². The third-order valence-electron chi connectivity index (χ3n) is 3.83. The van der Waals surface area contributed by atoms with Gasteiger partial charge in [-0.15, -0.1) is 12.3 Å². The van der Waals surface area contributed by atoms with E-state index in [-0.39, 0.29) is 11.8 Å². The van der Waals surface area contributed by atoms with E-state index in [1.807, 2.05) is 0 Å². The van der Waals surface area contributed by atoms with Gasteiger partial charge < -0.3 is 0 Å². The number of hydrogen-bond donors (Lipinski definition) is 0. The number of fused-ring (bicyclic) bond motifs is 1. The van der Waals surface area contributed by atoms with Crippen molar-refractivity contribution in [3.63, 3.8) is 0 Å². The Morgan fingerprint density at radius 2 is 1.38 bits per heavy atom. The van der Waals surface area contributed by atoms with E-state index in [9.17, 15) is 9.59 Å². The molecular weight excluding hydrogens is 262 g/mol. The Kier molecular flexibility index (Phi) is 5.57. The molecule has 1 heterocycles. The number of nitrogens with zero attached hydrogens (tertiary/aromatic N) is 1. The van der Waals surface area contributed by atoms with Crippen LogP contribution in [0.4, 0.5) is 0 Å². The summed E-state index contributed by atoms with van der Waals surface area (Å²) in [5.74, 6) is 2.35. The van der Waals surface area contributed by atoms with E-state index in [1.54, 1.807) is 24.3 Å². The van der Waals surface area contributed by atoms with E-state index in [0.717, 1.165) is 38.5 Å². The summed E-state index contributed by atoms with van der Waals surface area (Å²) in [6.07, 6.45) is 12.5. The van der Waals surface area contributed by atoms with Crippen LogP contribution in [0.15, 0.2) is 24.3 Å². The highest BCUT2D eigenvalue weighted by atomic mass is 16.2. The first-order valence-electron chi connectivity index (χ1n) is 7.64. The topological polar surface area (TPSA) is 37.4 Å². The number of carbonyl (C=O) groups is 2. The molecule has 0 spiro atoms. The molecule has 0 radical (unpaired) electrons. The van der Waals surface area contributed by atoms with Gasteiger partial charge in [-0.3, -0.25) is 14.5 Å². The summed E-state index contributed by atoms with van der Waals surface area (Å²) in [4.78, 5) is 25.6. The minimum absolute atomic E-state index is 0.148. The van der Waals surface area contributed by atoms with Crippen LogP contribution in [0.2, 0.25) is 0 Å². The van der Waals surface area contributed by atoms with Gasteiger partial charge in [-0.2, -0.15) is 0 Å². The second-order valence-electron chi connectivity index (χ2n) is 5.38. The van der Waals surface area contributed by atoms with Gasteiger partial charge in [0, 0.05) is 13.0 Å². The van der Waals surface area contributed by atoms with Crippen molar-refractivity contribution in [2.45, 2.75) is 44.9 Å². The van der Waals surface area contributed by atoms with Crippen molar-refractivity contribution in [2.75, 3.05) is 6.54 Å². The minimum Gasteiger partial charge on any atom is -0.274 e. The monoisotopic (exact) mass is 283 g/mol. The molecule has 2 amide bonds. The molecule has 0 N–H and O–H groups in total. The summed E-state index contributed by atoms with van der Waals surface area (Å²) in [6, 6.07) is 7.04. The molecule has 0 aromatic heterocycles. The molecule has 0 aliphatic carbocycles. The number of amides is 2. The lowest BCUT2D eigenvalue weighted by Crippen LogP contribution is -2.30. The highest BCUT2D eigenvalue weighted by Crippen LogP contribution is 2.22. The number of rotatable bonds is 8. The Labute approximate surface area is 126 Å². The summed E-state index contributed by atoms with van der Waals surface area (Å²) >= 11 is 0. The zero-order valence-electron chi connectivity index (χ0n) is 12.3. The summed E-state index contributed by atoms with van der Waals surface area (Å²) < 4.78 is 0. The quantitative estimate of drug-likeness (QED) is 0.415. The number of hydrogen-bond acceptors (Lipinski definition) is 2. The van der Waals surface area contributed by atoms with E-state index in [0.29, 0.717) is 17.7 Å². The lowest BCUT2D eigenvalue weighted by Gasteiger charge is -2.13. The average Bonchev–Trinajstić information content (AvgIpc) is 2.75. The number of benzene rings is 1. The lowest BCUT2D eigenvalue weighted by molar-refractivity contribution is 0.0651. The summed E-state index contributed by atoms with van der Waals surface area (Å²) in [6.45, 7) is 0.525. The van der Waals surface area contributed by atoms with Crippen LogP contribution in [-0.4, -0.2) is 23.3 Å². The highest BCUT2D eigenvalue weighted by Gasteiger charge is 2.34. The number of imide groups is 1. The van der Waals surface area contributed by atoms with E-state index in [4.69, 9.17) is 6.42 Å². The standard InChI is InChI=1S/C18H21NO2/c1-2-3-4-5-6-7-8-11-14-19-17(20)15-12-9-10-13-16(15)18(19)21/h1,9-10,12-13H,3-8,11,14H2. The molecule has 0 saturated carbocycles. The fourth-order valence-electron chi connectivity index (χ4n) is 2.65. The van der Waals surface area contributed by atoms with Crippen molar-refractivity contribution < 1.29 is 9.59 Å². The SMILES string of the molecule is C#CCCCCCCCCN1C(=O)c2ccccc2C1=O. The Hall–Kier alpha value is -2.08. The van der Waals surface area contributed by atoms with Gasteiger partial charge in [-0.25, -0.2) is 0 Å². The molecule has 2 rings (SSSR count). The van der Waals surface area contributed by atoms with Gasteiger partial charge in [0.1, 0.15) is 0 Å². The van der Waals surface area contributed by atoms with Crippen LogP contribution in [-0.2, 0) is 0 Å². The van der Waals surface area contributed by atoms with Gasteiger partial charge in [0.15, 0.2) is 0 Å². The van der Waals surface area contributed by atoms with Crippen molar-refractivity contribution in [3.8, 4) is 12.3 Å².